The van der Waals surface area contributed by atoms with Crippen LogP contribution in [0.2, 0.25) is 0 Å². The van der Waals surface area contributed by atoms with Crippen LogP contribution in [0.25, 0.3) is 66.1 Å². The van der Waals surface area contributed by atoms with Crippen molar-refractivity contribution in [3.8, 4) is 33.4 Å². The van der Waals surface area contributed by atoms with E-state index in [2.05, 4.69) is 187 Å². The fourth-order valence-corrected chi connectivity index (χ4v) is 6.97. The van der Waals surface area contributed by atoms with Crippen LogP contribution >= 0.6 is 0 Å². The van der Waals surface area contributed by atoms with Crippen molar-refractivity contribution in [3.05, 3.63) is 188 Å². The summed E-state index contributed by atoms with van der Waals surface area (Å²) in [5, 5.41) is 4.47. The van der Waals surface area contributed by atoms with E-state index in [1.165, 1.54) is 33.4 Å². The number of nitrogens with zero attached hydrogens (tertiary/aromatic N) is 1. The summed E-state index contributed by atoms with van der Waals surface area (Å²) in [6.45, 7) is 0. The predicted molar refractivity (Wildman–Crippen MR) is 202 cm³/mol. The summed E-state index contributed by atoms with van der Waals surface area (Å²) in [5.74, 6) is 0. The Kier molecular flexibility index (Phi) is 6.84. The van der Waals surface area contributed by atoms with Crippen LogP contribution in [0.1, 0.15) is 0 Å². The van der Waals surface area contributed by atoms with Crippen molar-refractivity contribution in [2.45, 2.75) is 0 Å². The molecule has 9 rings (SSSR count). The van der Waals surface area contributed by atoms with Crippen molar-refractivity contribution in [3.63, 3.8) is 0 Å². The van der Waals surface area contributed by atoms with Crippen LogP contribution in [0.15, 0.2) is 192 Å². The predicted octanol–water partition coefficient (Wildman–Crippen LogP) is 13.2. The van der Waals surface area contributed by atoms with Crippen molar-refractivity contribution in [2.75, 3.05) is 4.90 Å². The van der Waals surface area contributed by atoms with Crippen molar-refractivity contribution >= 4 is 49.8 Å². The highest BCUT2D eigenvalue weighted by molar-refractivity contribution is 6.24. The maximum absolute atomic E-state index is 6.82. The van der Waals surface area contributed by atoms with Gasteiger partial charge in [0.2, 0.25) is 0 Å². The van der Waals surface area contributed by atoms with Crippen molar-refractivity contribution in [2.24, 2.45) is 0 Å². The molecule has 0 aliphatic carbocycles. The van der Waals surface area contributed by atoms with Crippen LogP contribution in [-0.2, 0) is 0 Å². The van der Waals surface area contributed by atoms with Crippen molar-refractivity contribution in [1.82, 2.24) is 0 Å². The van der Waals surface area contributed by atoms with Crippen LogP contribution in [0.5, 0.6) is 0 Å². The van der Waals surface area contributed by atoms with Gasteiger partial charge in [0.25, 0.3) is 0 Å². The molecule has 8 aromatic carbocycles. The molecule has 0 aliphatic heterocycles. The lowest BCUT2D eigenvalue weighted by atomic mass is 9.94. The molecule has 0 bridgehead atoms. The topological polar surface area (TPSA) is 16.4 Å². The number of hydrogen-bond acceptors (Lipinski definition) is 2. The zero-order valence-corrected chi connectivity index (χ0v) is 26.3. The molecule has 0 atom stereocenters. The SMILES string of the molecule is c1ccc(-c2ccc(N(c3ccc(-c4ccccc4)cc3)c3cccc4cc(-c5ccccc5)c5c6ccccc6oc5c34)cc2)cc1. The van der Waals surface area contributed by atoms with Gasteiger partial charge in [0, 0.05) is 27.5 Å². The molecular formula is C46H31NO. The molecule has 0 saturated carbocycles. The van der Waals surface area contributed by atoms with E-state index in [9.17, 15) is 0 Å². The van der Waals surface area contributed by atoms with Gasteiger partial charge in [-0.3, -0.25) is 0 Å². The normalized spacial score (nSPS) is 11.3. The molecule has 48 heavy (non-hydrogen) atoms. The molecule has 0 radical (unpaired) electrons. The molecule has 0 saturated heterocycles. The second-order valence-electron chi connectivity index (χ2n) is 12.1. The van der Waals surface area contributed by atoms with E-state index in [1.807, 2.05) is 6.07 Å². The number of anilines is 3. The number of hydrogen-bond donors (Lipinski definition) is 0. The van der Waals surface area contributed by atoms with E-state index in [0.29, 0.717) is 0 Å². The molecule has 2 nitrogen and oxygen atoms in total. The molecule has 0 fully saturated rings. The molecule has 0 amide bonds. The van der Waals surface area contributed by atoms with Gasteiger partial charge in [-0.05, 0) is 81.2 Å². The second kappa shape index (κ2) is 11.8. The average molecular weight is 614 g/mol. The van der Waals surface area contributed by atoms with Gasteiger partial charge in [0.15, 0.2) is 0 Å². The van der Waals surface area contributed by atoms with Gasteiger partial charge in [-0.2, -0.15) is 0 Å². The van der Waals surface area contributed by atoms with E-state index in [4.69, 9.17) is 4.42 Å². The second-order valence-corrected chi connectivity index (χ2v) is 12.1. The molecule has 0 unspecified atom stereocenters. The molecule has 0 N–H and O–H groups in total. The highest BCUT2D eigenvalue weighted by Crippen LogP contribution is 2.47. The van der Waals surface area contributed by atoms with Gasteiger partial charge in [-0.15, -0.1) is 0 Å². The van der Waals surface area contributed by atoms with Gasteiger partial charge < -0.3 is 9.32 Å². The minimum atomic E-state index is 0.887. The Hall–Kier alpha value is -6.38. The monoisotopic (exact) mass is 613 g/mol. The third-order valence-electron chi connectivity index (χ3n) is 9.26. The highest BCUT2D eigenvalue weighted by Gasteiger charge is 2.22. The lowest BCUT2D eigenvalue weighted by Crippen LogP contribution is -2.10. The van der Waals surface area contributed by atoms with Crippen LogP contribution in [0.3, 0.4) is 0 Å². The van der Waals surface area contributed by atoms with Crippen molar-refractivity contribution in [1.29, 1.82) is 0 Å². The van der Waals surface area contributed by atoms with E-state index < -0.39 is 0 Å². The summed E-state index contributed by atoms with van der Waals surface area (Å²) in [6.07, 6.45) is 0. The Labute approximate surface area is 279 Å². The third kappa shape index (κ3) is 4.83. The zero-order chi connectivity index (χ0) is 31.9. The van der Waals surface area contributed by atoms with E-state index in [1.54, 1.807) is 0 Å². The molecular weight excluding hydrogens is 583 g/mol. The van der Waals surface area contributed by atoms with Gasteiger partial charge in [-0.1, -0.05) is 146 Å². The molecule has 9 aromatic rings. The zero-order valence-electron chi connectivity index (χ0n) is 26.3. The fourth-order valence-electron chi connectivity index (χ4n) is 6.97. The summed E-state index contributed by atoms with van der Waals surface area (Å²) >= 11 is 0. The summed E-state index contributed by atoms with van der Waals surface area (Å²) in [4.78, 5) is 2.36. The first kappa shape index (κ1) is 27.9. The van der Waals surface area contributed by atoms with Crippen molar-refractivity contribution < 1.29 is 4.42 Å². The van der Waals surface area contributed by atoms with Gasteiger partial charge >= 0.3 is 0 Å². The minimum absolute atomic E-state index is 0.887. The Bertz CT molecular complexity index is 2430. The number of benzene rings is 8. The molecule has 1 aromatic heterocycles. The Morgan fingerprint density at radius 2 is 0.875 bits per heavy atom. The van der Waals surface area contributed by atoms with E-state index >= 15 is 0 Å². The first-order valence-electron chi connectivity index (χ1n) is 16.4. The quantitative estimate of drug-likeness (QED) is 0.185. The lowest BCUT2D eigenvalue weighted by Gasteiger charge is -2.27. The molecule has 226 valence electrons. The molecule has 0 aliphatic rings. The van der Waals surface area contributed by atoms with Crippen LogP contribution < -0.4 is 4.90 Å². The number of rotatable bonds is 6. The Morgan fingerprint density at radius 1 is 0.375 bits per heavy atom. The standard InChI is InChI=1S/C46H31NO/c1-4-13-32(14-5-1)34-23-27-38(28-24-34)47(39-29-25-35(26-30-39)33-15-6-2-7-16-33)42-21-12-19-37-31-41(36-17-8-3-9-18-36)45-40-20-10-11-22-43(40)48-46(45)44(37)42/h1-31H. The van der Waals surface area contributed by atoms with Crippen LogP contribution in [0.4, 0.5) is 17.1 Å². The van der Waals surface area contributed by atoms with Gasteiger partial charge in [0.05, 0.1) is 5.69 Å². The molecule has 1 heterocycles. The number of furan rings is 1. The smallest absolute Gasteiger partial charge is 0.145 e. The number of fused-ring (bicyclic) bond motifs is 5. The van der Waals surface area contributed by atoms with Crippen LogP contribution in [0, 0.1) is 0 Å². The summed E-state index contributed by atoms with van der Waals surface area (Å²) in [5.41, 5.74) is 12.1. The minimum Gasteiger partial charge on any atom is -0.455 e. The average Bonchev–Trinajstić information content (AvgIpc) is 3.56. The summed E-state index contributed by atoms with van der Waals surface area (Å²) < 4.78 is 6.82. The molecule has 2 heteroatoms. The highest BCUT2D eigenvalue weighted by atomic mass is 16.3. The van der Waals surface area contributed by atoms with E-state index in [-0.39, 0.29) is 0 Å². The Balaban J connectivity index is 1.30. The maximum atomic E-state index is 6.82. The lowest BCUT2D eigenvalue weighted by molar-refractivity contribution is 0.673. The van der Waals surface area contributed by atoms with Gasteiger partial charge in [0.1, 0.15) is 11.2 Å². The first-order valence-corrected chi connectivity index (χ1v) is 16.4. The number of para-hydroxylation sites is 1. The summed E-state index contributed by atoms with van der Waals surface area (Å²) in [6, 6.07) is 66.7. The van der Waals surface area contributed by atoms with E-state index in [0.717, 1.165) is 49.8 Å². The maximum Gasteiger partial charge on any atom is 0.145 e. The fraction of sp³-hybridized carbons (Fsp3) is 0. The third-order valence-corrected chi connectivity index (χ3v) is 9.26. The van der Waals surface area contributed by atoms with Crippen LogP contribution in [-0.4, -0.2) is 0 Å². The molecule has 0 spiro atoms. The van der Waals surface area contributed by atoms with Gasteiger partial charge in [-0.25, -0.2) is 0 Å². The first-order chi connectivity index (χ1) is 23.8. The summed E-state index contributed by atoms with van der Waals surface area (Å²) in [7, 11) is 0. The Morgan fingerprint density at radius 3 is 1.46 bits per heavy atom. The largest absolute Gasteiger partial charge is 0.455 e.